The topological polar surface area (TPSA) is 67.7 Å². The minimum Gasteiger partial charge on any atom is -0.383 e. The van der Waals surface area contributed by atoms with E-state index in [4.69, 9.17) is 16.3 Å². The molecule has 1 saturated heterocycles. The maximum absolute atomic E-state index is 13.3. The van der Waals surface area contributed by atoms with Gasteiger partial charge in [0.2, 0.25) is 5.91 Å². The van der Waals surface area contributed by atoms with Crippen LogP contribution >= 0.6 is 11.6 Å². The first-order valence-electron chi connectivity index (χ1n) is 9.09. The molecule has 2 heterocycles. The molecule has 0 radical (unpaired) electrons. The summed E-state index contributed by atoms with van der Waals surface area (Å²) in [7, 11) is 3.46. The summed E-state index contributed by atoms with van der Waals surface area (Å²) < 4.78 is 7.01. The zero-order valence-electron chi connectivity index (χ0n) is 15.9. The molecule has 0 saturated carbocycles. The van der Waals surface area contributed by atoms with E-state index >= 15 is 0 Å². The van der Waals surface area contributed by atoms with Crippen molar-refractivity contribution in [2.45, 2.75) is 25.8 Å². The van der Waals surface area contributed by atoms with Gasteiger partial charge in [0.25, 0.3) is 5.91 Å². The fourth-order valence-electron chi connectivity index (χ4n) is 3.62. The normalized spacial score (nSPS) is 15.3. The number of amides is 2. The van der Waals surface area contributed by atoms with Gasteiger partial charge in [0.05, 0.1) is 17.6 Å². The molecule has 0 N–H and O–H groups in total. The van der Waals surface area contributed by atoms with E-state index in [2.05, 4.69) is 4.98 Å². The van der Waals surface area contributed by atoms with Gasteiger partial charge >= 0.3 is 0 Å². The third-order valence-corrected chi connectivity index (χ3v) is 5.42. The summed E-state index contributed by atoms with van der Waals surface area (Å²) >= 11 is 6.06. The van der Waals surface area contributed by atoms with Crippen LogP contribution in [0.25, 0.3) is 11.0 Å². The van der Waals surface area contributed by atoms with Crippen LogP contribution in [0.1, 0.15) is 30.4 Å². The summed E-state index contributed by atoms with van der Waals surface area (Å²) in [5, 5.41) is 0.590. The first kappa shape index (κ1) is 19.6. The summed E-state index contributed by atoms with van der Waals surface area (Å²) in [4.78, 5) is 33.1. The monoisotopic (exact) mass is 392 g/mol. The molecule has 146 valence electrons. The van der Waals surface area contributed by atoms with Crippen LogP contribution < -0.4 is 0 Å². The Morgan fingerprint density at radius 2 is 2.04 bits per heavy atom. The van der Waals surface area contributed by atoms with Gasteiger partial charge in [0.15, 0.2) is 5.82 Å². The minimum atomic E-state index is -0.122. The van der Waals surface area contributed by atoms with E-state index in [-0.39, 0.29) is 17.9 Å². The van der Waals surface area contributed by atoms with Gasteiger partial charge in [-0.05, 0) is 31.0 Å². The number of nitrogens with zero attached hydrogens (tertiary/aromatic N) is 4. The summed E-state index contributed by atoms with van der Waals surface area (Å²) in [5.41, 5.74) is 1.56. The van der Waals surface area contributed by atoms with Crippen LogP contribution in [0.2, 0.25) is 5.02 Å². The highest BCUT2D eigenvalue weighted by atomic mass is 35.5. The minimum absolute atomic E-state index is 0.0617. The predicted octanol–water partition coefficient (Wildman–Crippen LogP) is 2.33. The van der Waals surface area contributed by atoms with E-state index in [1.165, 1.54) is 0 Å². The Labute approximate surface area is 163 Å². The number of carbonyl (C=O) groups excluding carboxylic acids is 2. The number of halogens is 1. The van der Waals surface area contributed by atoms with Crippen molar-refractivity contribution in [2.75, 3.05) is 33.4 Å². The number of aryl methyl sites for hydroxylation is 1. The zero-order chi connectivity index (χ0) is 19.6. The number of hydrogen-bond acceptors (Lipinski definition) is 4. The lowest BCUT2D eigenvalue weighted by atomic mass is 10.0. The first-order valence-corrected chi connectivity index (χ1v) is 9.47. The SMILES string of the molecule is COCCN(C(=O)c1nc2cc(Cl)ccc2n1C)C1CCN(C(C)=O)CC1. The second kappa shape index (κ2) is 8.27. The van der Waals surface area contributed by atoms with Gasteiger partial charge in [-0.25, -0.2) is 4.98 Å². The van der Waals surface area contributed by atoms with Crippen molar-refractivity contribution in [3.63, 3.8) is 0 Å². The number of fused-ring (bicyclic) bond motifs is 1. The zero-order valence-corrected chi connectivity index (χ0v) is 16.7. The summed E-state index contributed by atoms with van der Waals surface area (Å²) in [6.45, 7) is 3.85. The Kier molecular flexibility index (Phi) is 6.01. The Morgan fingerprint density at radius 1 is 1.33 bits per heavy atom. The van der Waals surface area contributed by atoms with Crippen LogP contribution in [0.5, 0.6) is 0 Å². The van der Waals surface area contributed by atoms with Gasteiger partial charge in [-0.1, -0.05) is 11.6 Å². The molecule has 3 rings (SSSR count). The molecule has 1 aliphatic rings. The molecule has 2 amide bonds. The number of likely N-dealkylation sites (tertiary alicyclic amines) is 1. The number of rotatable bonds is 5. The van der Waals surface area contributed by atoms with Crippen molar-refractivity contribution in [2.24, 2.45) is 7.05 Å². The van der Waals surface area contributed by atoms with Gasteiger partial charge in [-0.2, -0.15) is 0 Å². The maximum Gasteiger partial charge on any atom is 0.290 e. The highest BCUT2D eigenvalue weighted by molar-refractivity contribution is 6.31. The van der Waals surface area contributed by atoms with Gasteiger partial charge in [0, 0.05) is 51.8 Å². The predicted molar refractivity (Wildman–Crippen MR) is 104 cm³/mol. The molecule has 27 heavy (non-hydrogen) atoms. The standard InChI is InChI=1S/C19H25ClN4O3/c1-13(25)23-8-6-15(7-9-23)24(10-11-27-3)19(26)18-21-16-12-14(20)4-5-17(16)22(18)2/h4-5,12,15H,6-11H2,1-3H3. The molecule has 0 spiro atoms. The molecule has 0 unspecified atom stereocenters. The molecule has 1 aliphatic heterocycles. The van der Waals surface area contributed by atoms with Crippen LogP contribution in [0.4, 0.5) is 0 Å². The maximum atomic E-state index is 13.3. The van der Waals surface area contributed by atoms with Crippen LogP contribution in [-0.4, -0.2) is 70.6 Å². The van der Waals surface area contributed by atoms with Crippen molar-refractivity contribution >= 4 is 34.4 Å². The Morgan fingerprint density at radius 3 is 2.67 bits per heavy atom. The number of hydrogen-bond donors (Lipinski definition) is 0. The quantitative estimate of drug-likeness (QED) is 0.783. The molecule has 8 heteroatoms. The van der Waals surface area contributed by atoms with E-state index in [1.54, 1.807) is 30.7 Å². The lowest BCUT2D eigenvalue weighted by molar-refractivity contribution is -0.130. The second-order valence-corrected chi connectivity index (χ2v) is 7.29. The number of imidazole rings is 1. The van der Waals surface area contributed by atoms with Crippen LogP contribution in [0, 0.1) is 0 Å². The highest BCUT2D eigenvalue weighted by Crippen LogP contribution is 2.23. The second-order valence-electron chi connectivity index (χ2n) is 6.86. The number of benzene rings is 1. The molecule has 7 nitrogen and oxygen atoms in total. The summed E-state index contributed by atoms with van der Waals surface area (Å²) in [5.74, 6) is 0.343. The Balaban J connectivity index is 1.86. The van der Waals surface area contributed by atoms with Crippen molar-refractivity contribution in [3.8, 4) is 0 Å². The number of methoxy groups -OCH3 is 1. The lowest BCUT2D eigenvalue weighted by Gasteiger charge is -2.38. The molecule has 1 aromatic carbocycles. The lowest BCUT2D eigenvalue weighted by Crippen LogP contribution is -2.49. The third kappa shape index (κ3) is 4.09. The molecule has 1 fully saturated rings. The summed E-state index contributed by atoms with van der Waals surface area (Å²) in [6.07, 6.45) is 1.51. The molecular weight excluding hydrogens is 368 g/mol. The van der Waals surface area contributed by atoms with Gasteiger partial charge in [-0.3, -0.25) is 9.59 Å². The van der Waals surface area contributed by atoms with Crippen molar-refractivity contribution in [1.82, 2.24) is 19.4 Å². The van der Waals surface area contributed by atoms with Crippen molar-refractivity contribution in [3.05, 3.63) is 29.0 Å². The number of carbonyl (C=O) groups is 2. The van der Waals surface area contributed by atoms with Crippen LogP contribution in [-0.2, 0) is 16.6 Å². The number of ether oxygens (including phenoxy) is 1. The van der Waals surface area contributed by atoms with Gasteiger partial charge in [0.1, 0.15) is 0 Å². The van der Waals surface area contributed by atoms with Crippen molar-refractivity contribution < 1.29 is 14.3 Å². The molecule has 1 aromatic heterocycles. The fourth-order valence-corrected chi connectivity index (χ4v) is 3.79. The Bertz CT molecular complexity index is 843. The van der Waals surface area contributed by atoms with Gasteiger partial charge < -0.3 is 19.1 Å². The van der Waals surface area contributed by atoms with Crippen LogP contribution in [0.15, 0.2) is 18.2 Å². The third-order valence-electron chi connectivity index (χ3n) is 5.18. The van der Waals surface area contributed by atoms with E-state index < -0.39 is 0 Å². The van der Waals surface area contributed by atoms with E-state index in [9.17, 15) is 9.59 Å². The molecule has 0 aliphatic carbocycles. The van der Waals surface area contributed by atoms with E-state index in [0.717, 1.165) is 18.4 Å². The molecule has 2 aromatic rings. The number of piperidine rings is 1. The van der Waals surface area contributed by atoms with Crippen molar-refractivity contribution in [1.29, 1.82) is 0 Å². The average molecular weight is 393 g/mol. The Hall–Kier alpha value is -2.12. The highest BCUT2D eigenvalue weighted by Gasteiger charge is 2.31. The fraction of sp³-hybridized carbons (Fsp3) is 0.526. The van der Waals surface area contributed by atoms with E-state index in [1.807, 2.05) is 22.9 Å². The van der Waals surface area contributed by atoms with Gasteiger partial charge in [-0.15, -0.1) is 0 Å². The van der Waals surface area contributed by atoms with E-state index in [0.29, 0.717) is 42.6 Å². The average Bonchev–Trinajstić information content (AvgIpc) is 2.98. The number of aromatic nitrogens is 2. The summed E-state index contributed by atoms with van der Waals surface area (Å²) in [6, 6.07) is 5.48. The molecular formula is C19H25ClN4O3. The largest absolute Gasteiger partial charge is 0.383 e. The molecule has 0 atom stereocenters. The molecule has 0 bridgehead atoms. The smallest absolute Gasteiger partial charge is 0.290 e. The first-order chi connectivity index (χ1) is 12.9. The van der Waals surface area contributed by atoms with Crippen LogP contribution in [0.3, 0.4) is 0 Å².